The predicted octanol–water partition coefficient (Wildman–Crippen LogP) is 2.09. The molecule has 0 unspecified atom stereocenters. The van der Waals surface area contributed by atoms with Crippen LogP contribution >= 0.6 is 24.4 Å². The van der Waals surface area contributed by atoms with E-state index in [0.717, 1.165) is 0 Å². The third-order valence-corrected chi connectivity index (χ3v) is 3.09. The molecule has 1 saturated carbocycles. The summed E-state index contributed by atoms with van der Waals surface area (Å²) in [5.74, 6) is 0.554. The average molecular weight is 257 g/mol. The molecular weight excluding hydrogens is 242 g/mol. The maximum Gasteiger partial charge on any atom is 0.224 e. The summed E-state index contributed by atoms with van der Waals surface area (Å²) in [6.07, 6.45) is 6.29. The van der Waals surface area contributed by atoms with Gasteiger partial charge in [0, 0.05) is 6.04 Å². The Morgan fingerprint density at radius 2 is 2.00 bits per heavy atom. The zero-order valence-electron chi connectivity index (χ0n) is 8.88. The van der Waals surface area contributed by atoms with Crippen LogP contribution < -0.4 is 10.6 Å². The molecule has 0 radical (unpaired) electrons. The first-order valence-corrected chi connectivity index (χ1v) is 6.28. The summed E-state index contributed by atoms with van der Waals surface area (Å²) in [6.45, 7) is 0. The van der Waals surface area contributed by atoms with Gasteiger partial charge in [0.1, 0.15) is 0 Å². The summed E-state index contributed by atoms with van der Waals surface area (Å²) in [4.78, 5) is 4.01. The molecule has 88 valence electrons. The van der Waals surface area contributed by atoms with Crippen LogP contribution in [0, 0.1) is 4.77 Å². The first-order chi connectivity index (χ1) is 7.74. The molecule has 16 heavy (non-hydrogen) atoms. The number of hydrogen-bond acceptors (Lipinski definition) is 3. The summed E-state index contributed by atoms with van der Waals surface area (Å²) in [6, 6.07) is 0.496. The molecule has 5 nitrogen and oxygen atoms in total. The molecule has 0 saturated heterocycles. The average Bonchev–Trinajstić information content (AvgIpc) is 2.65. The van der Waals surface area contributed by atoms with Gasteiger partial charge in [0.2, 0.25) is 10.7 Å². The largest absolute Gasteiger partial charge is 0.360 e. The molecule has 0 spiro atoms. The highest BCUT2D eigenvalue weighted by molar-refractivity contribution is 7.80. The van der Waals surface area contributed by atoms with Crippen molar-refractivity contribution in [1.29, 1.82) is 0 Å². The predicted molar refractivity (Wildman–Crippen MR) is 70.0 cm³/mol. The lowest BCUT2D eigenvalue weighted by atomic mass is 9.96. The zero-order chi connectivity index (χ0) is 11.4. The van der Waals surface area contributed by atoms with Crippen LogP contribution in [0.25, 0.3) is 0 Å². The highest BCUT2D eigenvalue weighted by Gasteiger charge is 2.14. The second-order valence-electron chi connectivity index (χ2n) is 3.95. The second kappa shape index (κ2) is 5.40. The zero-order valence-corrected chi connectivity index (χ0v) is 10.5. The van der Waals surface area contributed by atoms with Crippen LogP contribution in [0.1, 0.15) is 32.1 Å². The minimum Gasteiger partial charge on any atom is -0.360 e. The molecule has 0 aliphatic heterocycles. The van der Waals surface area contributed by atoms with E-state index in [1.165, 1.54) is 32.1 Å². The van der Waals surface area contributed by atoms with E-state index in [2.05, 4.69) is 25.8 Å². The maximum absolute atomic E-state index is 5.20. The second-order valence-corrected chi connectivity index (χ2v) is 4.74. The Balaban J connectivity index is 1.81. The van der Waals surface area contributed by atoms with Crippen LogP contribution in [-0.4, -0.2) is 26.3 Å². The molecule has 1 aromatic rings. The number of rotatable bonds is 2. The lowest BCUT2D eigenvalue weighted by Gasteiger charge is -2.23. The van der Waals surface area contributed by atoms with Gasteiger partial charge in [-0.15, -0.1) is 0 Å². The van der Waals surface area contributed by atoms with Gasteiger partial charge in [-0.1, -0.05) is 19.3 Å². The van der Waals surface area contributed by atoms with E-state index in [-0.39, 0.29) is 0 Å². The molecule has 1 aliphatic rings. The van der Waals surface area contributed by atoms with Crippen molar-refractivity contribution in [3.8, 4) is 0 Å². The molecule has 0 bridgehead atoms. The van der Waals surface area contributed by atoms with Crippen LogP contribution in [-0.2, 0) is 0 Å². The van der Waals surface area contributed by atoms with Crippen molar-refractivity contribution in [2.24, 2.45) is 0 Å². The van der Waals surface area contributed by atoms with Gasteiger partial charge >= 0.3 is 0 Å². The molecule has 0 aromatic carbocycles. The summed E-state index contributed by atoms with van der Waals surface area (Å²) < 4.78 is 0.419. The lowest BCUT2D eigenvalue weighted by molar-refractivity contribution is 0.414. The van der Waals surface area contributed by atoms with E-state index in [1.54, 1.807) is 0 Å². The monoisotopic (exact) mass is 257 g/mol. The topological polar surface area (TPSA) is 68.5 Å². The minimum atomic E-state index is 0.419. The number of aromatic nitrogens is 3. The van der Waals surface area contributed by atoms with Gasteiger partial charge in [-0.25, -0.2) is 0 Å². The number of nitrogens with one attached hydrogen (secondary N) is 4. The summed E-state index contributed by atoms with van der Waals surface area (Å²) >= 11 is 10.0. The van der Waals surface area contributed by atoms with Crippen molar-refractivity contribution in [1.82, 2.24) is 20.5 Å². The Morgan fingerprint density at radius 1 is 1.25 bits per heavy atom. The first kappa shape index (κ1) is 11.5. The third kappa shape index (κ3) is 3.28. The molecule has 1 aromatic heterocycles. The van der Waals surface area contributed by atoms with Crippen LogP contribution in [0.4, 0.5) is 5.95 Å². The first-order valence-electron chi connectivity index (χ1n) is 5.46. The SMILES string of the molecule is S=C(Nc1nc(=S)[nH][nH]1)NC1CCCCC1. The fourth-order valence-corrected chi connectivity index (χ4v) is 2.31. The molecule has 1 aliphatic carbocycles. The fraction of sp³-hybridized carbons (Fsp3) is 0.667. The smallest absolute Gasteiger partial charge is 0.224 e. The standard InChI is InChI=1S/C9H15N5S2/c15-8(10-6-4-2-1-3-5-6)11-7-12-9(16)14-13-7/h6H,1-5H2,(H4,10,11,12,13,14,15,16). The van der Waals surface area contributed by atoms with Crippen molar-refractivity contribution in [3.63, 3.8) is 0 Å². The number of nitrogens with zero attached hydrogens (tertiary/aromatic N) is 1. The van der Waals surface area contributed by atoms with E-state index in [4.69, 9.17) is 24.4 Å². The van der Waals surface area contributed by atoms with Gasteiger partial charge in [0.05, 0.1) is 0 Å². The molecule has 0 atom stereocenters. The van der Waals surface area contributed by atoms with Crippen molar-refractivity contribution < 1.29 is 0 Å². The Hall–Kier alpha value is -0.950. The van der Waals surface area contributed by atoms with E-state index in [0.29, 0.717) is 21.9 Å². The van der Waals surface area contributed by atoms with Gasteiger partial charge in [0.15, 0.2) is 5.11 Å². The van der Waals surface area contributed by atoms with Crippen LogP contribution in [0.2, 0.25) is 0 Å². The number of H-pyrrole nitrogens is 2. The van der Waals surface area contributed by atoms with Gasteiger partial charge < -0.3 is 10.6 Å². The normalized spacial score (nSPS) is 17.0. The number of anilines is 1. The van der Waals surface area contributed by atoms with Crippen molar-refractivity contribution in [2.75, 3.05) is 5.32 Å². The molecule has 7 heteroatoms. The van der Waals surface area contributed by atoms with Gasteiger partial charge in [-0.2, -0.15) is 4.98 Å². The third-order valence-electron chi connectivity index (χ3n) is 2.67. The van der Waals surface area contributed by atoms with Gasteiger partial charge in [-0.3, -0.25) is 10.2 Å². The molecule has 2 rings (SSSR count). The minimum absolute atomic E-state index is 0.419. The van der Waals surface area contributed by atoms with E-state index in [9.17, 15) is 0 Å². The Morgan fingerprint density at radius 3 is 2.62 bits per heavy atom. The molecule has 1 fully saturated rings. The fourth-order valence-electron chi connectivity index (χ4n) is 1.91. The van der Waals surface area contributed by atoms with Crippen molar-refractivity contribution >= 4 is 35.5 Å². The molecular formula is C9H15N5S2. The van der Waals surface area contributed by atoms with Crippen molar-refractivity contribution in [3.05, 3.63) is 4.77 Å². The number of thiocarbonyl (C=S) groups is 1. The Labute approximate surface area is 104 Å². The van der Waals surface area contributed by atoms with Crippen LogP contribution in [0.15, 0.2) is 0 Å². The van der Waals surface area contributed by atoms with E-state index < -0.39 is 0 Å². The van der Waals surface area contributed by atoms with Gasteiger partial charge in [0.25, 0.3) is 0 Å². The quantitative estimate of drug-likeness (QED) is 0.611. The molecule has 1 heterocycles. The highest BCUT2D eigenvalue weighted by Crippen LogP contribution is 2.17. The number of aromatic amines is 2. The van der Waals surface area contributed by atoms with Crippen molar-refractivity contribution in [2.45, 2.75) is 38.1 Å². The summed E-state index contributed by atoms with van der Waals surface area (Å²) in [5, 5.41) is 12.4. The lowest BCUT2D eigenvalue weighted by Crippen LogP contribution is -2.39. The van der Waals surface area contributed by atoms with Crippen LogP contribution in [0.5, 0.6) is 0 Å². The summed E-state index contributed by atoms with van der Waals surface area (Å²) in [5.41, 5.74) is 0. The maximum atomic E-state index is 5.20. The highest BCUT2D eigenvalue weighted by atomic mass is 32.1. The van der Waals surface area contributed by atoms with E-state index >= 15 is 0 Å². The summed E-state index contributed by atoms with van der Waals surface area (Å²) in [7, 11) is 0. The van der Waals surface area contributed by atoms with Gasteiger partial charge in [-0.05, 0) is 37.3 Å². The number of hydrogen-bond donors (Lipinski definition) is 4. The molecule has 4 N–H and O–H groups in total. The Kier molecular flexibility index (Phi) is 3.89. The molecule has 0 amide bonds. The Bertz CT molecular complexity index is 404. The van der Waals surface area contributed by atoms with E-state index in [1.807, 2.05) is 0 Å². The van der Waals surface area contributed by atoms with Crippen LogP contribution in [0.3, 0.4) is 0 Å².